The van der Waals surface area contributed by atoms with E-state index in [1.165, 1.54) is 33.5 Å². The standard InChI is InChI=1S/C23H22FNO5/c1-27-20-12-11-19(21(28-2)22(20)29-3)23(26)25-17-5-4-6-18(13-17)30-14-15-7-9-16(24)10-8-15/h4-13H,14H2,1-3H3,(H,25,26). The molecule has 3 aromatic rings. The van der Waals surface area contributed by atoms with Gasteiger partial charge < -0.3 is 24.3 Å². The third-order valence-corrected chi connectivity index (χ3v) is 4.36. The number of benzene rings is 3. The van der Waals surface area contributed by atoms with E-state index in [0.29, 0.717) is 28.5 Å². The molecule has 30 heavy (non-hydrogen) atoms. The van der Waals surface area contributed by atoms with E-state index in [-0.39, 0.29) is 24.1 Å². The van der Waals surface area contributed by atoms with Crippen LogP contribution in [0.3, 0.4) is 0 Å². The summed E-state index contributed by atoms with van der Waals surface area (Å²) in [5.74, 6) is 0.970. The lowest BCUT2D eigenvalue weighted by Gasteiger charge is -2.15. The van der Waals surface area contributed by atoms with Crippen molar-refractivity contribution < 1.29 is 28.1 Å². The fourth-order valence-electron chi connectivity index (χ4n) is 2.89. The fraction of sp³-hybridized carbons (Fsp3) is 0.174. The molecular weight excluding hydrogens is 389 g/mol. The van der Waals surface area contributed by atoms with Crippen LogP contribution in [0, 0.1) is 5.82 Å². The molecule has 3 rings (SSSR count). The van der Waals surface area contributed by atoms with Gasteiger partial charge in [-0.1, -0.05) is 18.2 Å². The molecule has 1 N–H and O–H groups in total. The summed E-state index contributed by atoms with van der Waals surface area (Å²) in [7, 11) is 4.44. The Kier molecular flexibility index (Phi) is 6.75. The Labute approximate surface area is 174 Å². The first-order valence-electron chi connectivity index (χ1n) is 9.13. The number of amides is 1. The lowest BCUT2D eigenvalue weighted by Crippen LogP contribution is -2.14. The molecule has 0 spiro atoms. The second-order valence-electron chi connectivity index (χ2n) is 6.28. The quantitative estimate of drug-likeness (QED) is 0.583. The third kappa shape index (κ3) is 4.81. The normalized spacial score (nSPS) is 10.3. The van der Waals surface area contributed by atoms with Crippen molar-refractivity contribution in [3.8, 4) is 23.0 Å². The maximum absolute atomic E-state index is 13.0. The Morgan fingerprint density at radius 1 is 0.900 bits per heavy atom. The number of methoxy groups -OCH3 is 3. The minimum absolute atomic E-state index is 0.276. The minimum atomic E-state index is -0.372. The number of hydrogen-bond donors (Lipinski definition) is 1. The van der Waals surface area contributed by atoms with E-state index in [1.54, 1.807) is 48.5 Å². The van der Waals surface area contributed by atoms with Crippen LogP contribution in [0.4, 0.5) is 10.1 Å². The molecule has 0 aromatic heterocycles. The van der Waals surface area contributed by atoms with Crippen molar-refractivity contribution in [2.75, 3.05) is 26.6 Å². The van der Waals surface area contributed by atoms with E-state index in [4.69, 9.17) is 18.9 Å². The second-order valence-corrected chi connectivity index (χ2v) is 6.28. The Balaban J connectivity index is 1.74. The van der Waals surface area contributed by atoms with Crippen LogP contribution in [-0.4, -0.2) is 27.2 Å². The molecule has 0 fully saturated rings. The van der Waals surface area contributed by atoms with Gasteiger partial charge in [-0.05, 0) is 42.0 Å². The molecule has 0 aliphatic heterocycles. The summed E-state index contributed by atoms with van der Waals surface area (Å²) in [5, 5.41) is 2.82. The summed E-state index contributed by atoms with van der Waals surface area (Å²) < 4.78 is 34.7. The third-order valence-electron chi connectivity index (χ3n) is 4.36. The van der Waals surface area contributed by atoms with Gasteiger partial charge in [0.15, 0.2) is 11.5 Å². The second kappa shape index (κ2) is 9.65. The molecule has 7 heteroatoms. The lowest BCUT2D eigenvalue weighted by atomic mass is 10.1. The highest BCUT2D eigenvalue weighted by molar-refractivity contribution is 6.07. The monoisotopic (exact) mass is 411 g/mol. The molecule has 0 heterocycles. The van der Waals surface area contributed by atoms with Crippen molar-refractivity contribution in [1.29, 1.82) is 0 Å². The van der Waals surface area contributed by atoms with Crippen molar-refractivity contribution in [3.05, 3.63) is 77.6 Å². The average Bonchev–Trinajstić information content (AvgIpc) is 2.77. The number of ether oxygens (including phenoxy) is 4. The van der Waals surface area contributed by atoms with Crippen LogP contribution in [0.25, 0.3) is 0 Å². The Hall–Kier alpha value is -3.74. The van der Waals surface area contributed by atoms with Crippen LogP contribution in [0.1, 0.15) is 15.9 Å². The molecule has 0 atom stereocenters. The van der Waals surface area contributed by atoms with E-state index >= 15 is 0 Å². The molecule has 0 unspecified atom stereocenters. The fourth-order valence-corrected chi connectivity index (χ4v) is 2.89. The molecule has 156 valence electrons. The van der Waals surface area contributed by atoms with E-state index in [9.17, 15) is 9.18 Å². The summed E-state index contributed by atoms with van der Waals surface area (Å²) in [6.45, 7) is 0.279. The van der Waals surface area contributed by atoms with Gasteiger partial charge in [-0.2, -0.15) is 0 Å². The van der Waals surface area contributed by atoms with E-state index in [2.05, 4.69) is 5.32 Å². The number of carbonyl (C=O) groups excluding carboxylic acids is 1. The molecule has 0 saturated heterocycles. The van der Waals surface area contributed by atoms with Crippen molar-refractivity contribution in [3.63, 3.8) is 0 Å². The Morgan fingerprint density at radius 3 is 2.30 bits per heavy atom. The van der Waals surface area contributed by atoms with Gasteiger partial charge in [0.1, 0.15) is 18.2 Å². The predicted molar refractivity (Wildman–Crippen MR) is 111 cm³/mol. The van der Waals surface area contributed by atoms with Gasteiger partial charge in [0.05, 0.1) is 26.9 Å². The van der Waals surface area contributed by atoms with Crippen LogP contribution in [-0.2, 0) is 6.61 Å². The average molecular weight is 411 g/mol. The SMILES string of the molecule is COc1ccc(C(=O)Nc2cccc(OCc3ccc(F)cc3)c2)c(OC)c1OC. The number of hydrogen-bond acceptors (Lipinski definition) is 5. The van der Waals surface area contributed by atoms with E-state index in [1.807, 2.05) is 0 Å². The van der Waals surface area contributed by atoms with Gasteiger partial charge >= 0.3 is 0 Å². The molecule has 1 amide bonds. The van der Waals surface area contributed by atoms with Gasteiger partial charge in [0.25, 0.3) is 5.91 Å². The first-order valence-corrected chi connectivity index (χ1v) is 9.13. The zero-order chi connectivity index (χ0) is 21.5. The lowest BCUT2D eigenvalue weighted by molar-refractivity contribution is 0.102. The van der Waals surface area contributed by atoms with Crippen LogP contribution in [0.15, 0.2) is 60.7 Å². The smallest absolute Gasteiger partial charge is 0.259 e. The summed E-state index contributed by atoms with van der Waals surface area (Å²) >= 11 is 0. The van der Waals surface area contributed by atoms with Crippen LogP contribution >= 0.6 is 0 Å². The molecule has 0 radical (unpaired) electrons. The molecule has 0 aliphatic carbocycles. The zero-order valence-corrected chi connectivity index (χ0v) is 16.9. The van der Waals surface area contributed by atoms with Crippen LogP contribution in [0.2, 0.25) is 0 Å². The molecular formula is C23H22FNO5. The summed E-state index contributed by atoms with van der Waals surface area (Å²) in [6.07, 6.45) is 0. The summed E-state index contributed by atoms with van der Waals surface area (Å²) in [4.78, 5) is 12.8. The van der Waals surface area contributed by atoms with Crippen molar-refractivity contribution in [2.45, 2.75) is 6.61 Å². The minimum Gasteiger partial charge on any atom is -0.493 e. The zero-order valence-electron chi connectivity index (χ0n) is 16.9. The first kappa shape index (κ1) is 21.0. The number of carbonyl (C=O) groups is 1. The Bertz CT molecular complexity index is 1020. The first-order chi connectivity index (χ1) is 14.5. The van der Waals surface area contributed by atoms with E-state index in [0.717, 1.165) is 5.56 Å². The number of anilines is 1. The van der Waals surface area contributed by atoms with Crippen LogP contribution in [0.5, 0.6) is 23.0 Å². The maximum atomic E-state index is 13.0. The molecule has 6 nitrogen and oxygen atoms in total. The highest BCUT2D eigenvalue weighted by Crippen LogP contribution is 2.40. The predicted octanol–water partition coefficient (Wildman–Crippen LogP) is 4.68. The number of halogens is 1. The summed E-state index contributed by atoms with van der Waals surface area (Å²) in [5.41, 5.74) is 1.68. The highest BCUT2D eigenvalue weighted by Gasteiger charge is 2.20. The molecule has 0 saturated carbocycles. The molecule has 3 aromatic carbocycles. The number of rotatable bonds is 8. The van der Waals surface area contributed by atoms with Gasteiger partial charge in [0.2, 0.25) is 5.75 Å². The highest BCUT2D eigenvalue weighted by atomic mass is 19.1. The summed E-state index contributed by atoms with van der Waals surface area (Å²) in [6, 6.07) is 16.3. The molecule has 0 aliphatic rings. The van der Waals surface area contributed by atoms with Crippen LogP contribution < -0.4 is 24.3 Å². The maximum Gasteiger partial charge on any atom is 0.259 e. The van der Waals surface area contributed by atoms with Gasteiger partial charge in [-0.15, -0.1) is 0 Å². The topological polar surface area (TPSA) is 66.0 Å². The van der Waals surface area contributed by atoms with E-state index < -0.39 is 0 Å². The van der Waals surface area contributed by atoms with Gasteiger partial charge in [0, 0.05) is 11.8 Å². The molecule has 0 bridgehead atoms. The van der Waals surface area contributed by atoms with Gasteiger partial charge in [-0.3, -0.25) is 4.79 Å². The Morgan fingerprint density at radius 2 is 1.63 bits per heavy atom. The van der Waals surface area contributed by atoms with Crippen molar-refractivity contribution in [1.82, 2.24) is 0 Å². The number of nitrogens with one attached hydrogen (secondary N) is 1. The van der Waals surface area contributed by atoms with Crippen molar-refractivity contribution >= 4 is 11.6 Å². The van der Waals surface area contributed by atoms with Gasteiger partial charge in [-0.25, -0.2) is 4.39 Å². The largest absolute Gasteiger partial charge is 0.493 e. The van der Waals surface area contributed by atoms with Crippen molar-refractivity contribution in [2.24, 2.45) is 0 Å².